The van der Waals surface area contributed by atoms with E-state index in [-0.39, 0.29) is 5.82 Å². The van der Waals surface area contributed by atoms with Gasteiger partial charge in [0.15, 0.2) is 0 Å². The second-order valence-electron chi connectivity index (χ2n) is 4.74. The van der Waals surface area contributed by atoms with Crippen LogP contribution in [0.2, 0.25) is 5.02 Å². The van der Waals surface area contributed by atoms with Crippen LogP contribution in [-0.4, -0.2) is 9.78 Å². The summed E-state index contributed by atoms with van der Waals surface area (Å²) in [6.45, 7) is 2.03. The van der Waals surface area contributed by atoms with Gasteiger partial charge in [0.25, 0.3) is 0 Å². The Morgan fingerprint density at radius 3 is 2.76 bits per heavy atom. The standard InChI is InChI=1S/C14H17BrClFN4/c1-3-10-14(15)12(21(2)20-10)7-11(19-18)13-8(16)5-4-6-9(13)17/h4-6,11,19H,3,7,18H2,1-2H3. The maximum Gasteiger partial charge on any atom is 0.129 e. The van der Waals surface area contributed by atoms with E-state index in [1.54, 1.807) is 16.8 Å². The molecule has 1 aromatic carbocycles. The third kappa shape index (κ3) is 3.29. The van der Waals surface area contributed by atoms with Gasteiger partial charge in [-0.15, -0.1) is 0 Å². The number of halogens is 3. The Morgan fingerprint density at radius 2 is 2.24 bits per heavy atom. The lowest BCUT2D eigenvalue weighted by molar-refractivity contribution is 0.497. The van der Waals surface area contributed by atoms with E-state index >= 15 is 0 Å². The van der Waals surface area contributed by atoms with Gasteiger partial charge >= 0.3 is 0 Å². The molecule has 0 aliphatic heterocycles. The summed E-state index contributed by atoms with van der Waals surface area (Å²) in [6, 6.07) is 4.17. The summed E-state index contributed by atoms with van der Waals surface area (Å²) in [4.78, 5) is 0. The molecule has 7 heteroatoms. The summed E-state index contributed by atoms with van der Waals surface area (Å²) in [5, 5.41) is 4.78. The molecule has 1 unspecified atom stereocenters. The topological polar surface area (TPSA) is 55.9 Å². The molecule has 0 radical (unpaired) electrons. The minimum Gasteiger partial charge on any atom is -0.271 e. The summed E-state index contributed by atoms with van der Waals surface area (Å²) in [5.74, 6) is 5.23. The van der Waals surface area contributed by atoms with Crippen molar-refractivity contribution >= 4 is 27.5 Å². The molecule has 114 valence electrons. The first-order chi connectivity index (χ1) is 9.99. The van der Waals surface area contributed by atoms with Crippen LogP contribution >= 0.6 is 27.5 Å². The number of nitrogens with one attached hydrogen (secondary N) is 1. The second kappa shape index (κ2) is 6.87. The minimum atomic E-state index is -0.435. The van der Waals surface area contributed by atoms with Crippen LogP contribution in [0, 0.1) is 5.82 Å². The molecule has 0 bridgehead atoms. The first-order valence-corrected chi connectivity index (χ1v) is 7.76. The van der Waals surface area contributed by atoms with Gasteiger partial charge in [-0.3, -0.25) is 16.0 Å². The monoisotopic (exact) mass is 374 g/mol. The molecule has 2 rings (SSSR count). The molecule has 0 amide bonds. The lowest BCUT2D eigenvalue weighted by atomic mass is 10.0. The highest BCUT2D eigenvalue weighted by Crippen LogP contribution is 2.31. The van der Waals surface area contributed by atoms with Gasteiger partial charge < -0.3 is 0 Å². The minimum absolute atomic E-state index is 0.354. The quantitative estimate of drug-likeness (QED) is 0.623. The number of rotatable bonds is 5. The van der Waals surface area contributed by atoms with Crippen LogP contribution in [0.1, 0.15) is 29.9 Å². The summed E-state index contributed by atoms with van der Waals surface area (Å²) < 4.78 is 16.8. The average molecular weight is 376 g/mol. The normalized spacial score (nSPS) is 12.7. The van der Waals surface area contributed by atoms with Crippen molar-refractivity contribution in [1.82, 2.24) is 15.2 Å². The molecule has 0 spiro atoms. The fourth-order valence-corrected chi connectivity index (χ4v) is 3.40. The number of nitrogens with zero attached hydrogens (tertiary/aromatic N) is 2. The molecule has 2 aromatic rings. The summed E-state index contributed by atoms with van der Waals surface area (Å²) in [5.41, 5.74) is 4.91. The van der Waals surface area contributed by atoms with Gasteiger partial charge in [-0.2, -0.15) is 5.10 Å². The van der Waals surface area contributed by atoms with E-state index in [2.05, 4.69) is 26.5 Å². The highest BCUT2D eigenvalue weighted by atomic mass is 79.9. The summed E-state index contributed by atoms with van der Waals surface area (Å²) >= 11 is 9.66. The van der Waals surface area contributed by atoms with Crippen molar-refractivity contribution in [3.63, 3.8) is 0 Å². The molecule has 0 saturated heterocycles. The first kappa shape index (κ1) is 16.4. The van der Waals surface area contributed by atoms with Crippen molar-refractivity contribution in [1.29, 1.82) is 0 Å². The predicted molar refractivity (Wildman–Crippen MR) is 85.5 cm³/mol. The van der Waals surface area contributed by atoms with Gasteiger partial charge in [-0.25, -0.2) is 4.39 Å². The number of aromatic nitrogens is 2. The molecule has 0 aliphatic rings. The maximum absolute atomic E-state index is 14.0. The van der Waals surface area contributed by atoms with E-state index in [1.165, 1.54) is 6.07 Å². The first-order valence-electron chi connectivity index (χ1n) is 6.59. The number of benzene rings is 1. The van der Waals surface area contributed by atoms with E-state index in [0.717, 1.165) is 22.3 Å². The van der Waals surface area contributed by atoms with Gasteiger partial charge in [-0.05, 0) is 34.5 Å². The fourth-order valence-electron chi connectivity index (χ4n) is 2.32. The average Bonchev–Trinajstić information content (AvgIpc) is 2.72. The van der Waals surface area contributed by atoms with Gasteiger partial charge in [0.1, 0.15) is 5.82 Å². The molecule has 1 aromatic heterocycles. The van der Waals surface area contributed by atoms with Crippen molar-refractivity contribution in [2.75, 3.05) is 0 Å². The molecule has 1 heterocycles. The third-order valence-corrected chi connectivity index (χ3v) is 4.69. The number of aryl methyl sites for hydroxylation is 2. The Morgan fingerprint density at radius 1 is 1.52 bits per heavy atom. The van der Waals surface area contributed by atoms with Crippen LogP contribution in [0.15, 0.2) is 22.7 Å². The van der Waals surface area contributed by atoms with E-state index in [0.29, 0.717) is 17.0 Å². The fraction of sp³-hybridized carbons (Fsp3) is 0.357. The highest BCUT2D eigenvalue weighted by molar-refractivity contribution is 9.10. The molecule has 4 nitrogen and oxygen atoms in total. The molecule has 0 aliphatic carbocycles. The van der Waals surface area contributed by atoms with E-state index in [4.69, 9.17) is 17.4 Å². The van der Waals surface area contributed by atoms with Crippen molar-refractivity contribution in [3.05, 3.63) is 50.5 Å². The van der Waals surface area contributed by atoms with Gasteiger partial charge in [0.05, 0.1) is 21.9 Å². The molecular weight excluding hydrogens is 359 g/mol. The van der Waals surface area contributed by atoms with Crippen LogP contribution < -0.4 is 11.3 Å². The lowest BCUT2D eigenvalue weighted by Crippen LogP contribution is -2.31. The van der Waals surface area contributed by atoms with Gasteiger partial charge in [0.2, 0.25) is 0 Å². The van der Waals surface area contributed by atoms with Crippen molar-refractivity contribution in [2.45, 2.75) is 25.8 Å². The van der Waals surface area contributed by atoms with Crippen LogP contribution in [-0.2, 0) is 19.9 Å². The van der Waals surface area contributed by atoms with E-state index in [1.807, 2.05) is 14.0 Å². The van der Waals surface area contributed by atoms with E-state index in [9.17, 15) is 4.39 Å². The van der Waals surface area contributed by atoms with Crippen molar-refractivity contribution in [3.8, 4) is 0 Å². The Hall–Kier alpha value is -0.950. The summed E-state index contributed by atoms with van der Waals surface area (Å²) in [7, 11) is 1.86. The zero-order chi connectivity index (χ0) is 15.6. The molecular formula is C14H17BrClFN4. The van der Waals surface area contributed by atoms with Crippen LogP contribution in [0.4, 0.5) is 4.39 Å². The highest BCUT2D eigenvalue weighted by Gasteiger charge is 2.22. The second-order valence-corrected chi connectivity index (χ2v) is 5.94. The third-order valence-electron chi connectivity index (χ3n) is 3.45. The Bertz CT molecular complexity index is 624. The number of hydrazine groups is 1. The molecule has 0 saturated carbocycles. The predicted octanol–water partition coefficient (Wildman–Crippen LogP) is 3.28. The largest absolute Gasteiger partial charge is 0.271 e. The SMILES string of the molecule is CCc1nn(C)c(CC(NN)c2c(F)cccc2Cl)c1Br. The van der Waals surface area contributed by atoms with Gasteiger partial charge in [-0.1, -0.05) is 24.6 Å². The Balaban J connectivity index is 2.38. The zero-order valence-corrected chi connectivity index (χ0v) is 14.2. The van der Waals surface area contributed by atoms with E-state index < -0.39 is 6.04 Å². The van der Waals surface area contributed by atoms with Gasteiger partial charge in [0, 0.05) is 24.1 Å². The van der Waals surface area contributed by atoms with Crippen LogP contribution in [0.5, 0.6) is 0 Å². The van der Waals surface area contributed by atoms with Crippen molar-refractivity contribution in [2.24, 2.45) is 12.9 Å². The lowest BCUT2D eigenvalue weighted by Gasteiger charge is -2.18. The Kier molecular flexibility index (Phi) is 5.37. The maximum atomic E-state index is 14.0. The number of nitrogens with two attached hydrogens (primary N) is 1. The van der Waals surface area contributed by atoms with Crippen LogP contribution in [0.25, 0.3) is 0 Å². The zero-order valence-electron chi connectivity index (χ0n) is 11.8. The molecule has 1 atom stereocenters. The molecule has 21 heavy (non-hydrogen) atoms. The number of hydrogen-bond acceptors (Lipinski definition) is 3. The number of hydrogen-bond donors (Lipinski definition) is 2. The van der Waals surface area contributed by atoms with Crippen molar-refractivity contribution < 1.29 is 4.39 Å². The Labute approximate surface area is 136 Å². The molecule has 0 fully saturated rings. The summed E-state index contributed by atoms with van der Waals surface area (Å²) in [6.07, 6.45) is 1.29. The molecule has 3 N–H and O–H groups in total. The van der Waals surface area contributed by atoms with Crippen LogP contribution in [0.3, 0.4) is 0 Å². The smallest absolute Gasteiger partial charge is 0.129 e.